The molecule has 0 atom stereocenters. The monoisotopic (exact) mass is 234 g/mol. The van der Waals surface area contributed by atoms with Crippen LogP contribution in [0.1, 0.15) is 6.42 Å². The average Bonchev–Trinajstić information content (AvgIpc) is 2.32. The largest absolute Gasteiger partial charge is 0.370 e. The van der Waals surface area contributed by atoms with E-state index in [0.717, 1.165) is 25.3 Å². The number of nitrogens with one attached hydrogen (secondary N) is 2. The number of hydrogen-bond donors (Lipinski definition) is 2. The number of nitrogens with zero attached hydrogens (tertiary/aromatic N) is 4. The molecule has 0 saturated carbocycles. The highest BCUT2D eigenvalue weighted by Gasteiger charge is 1.97. The molecule has 0 amide bonds. The van der Waals surface area contributed by atoms with Gasteiger partial charge in [-0.1, -0.05) is 0 Å². The molecule has 6 heteroatoms. The molecule has 2 N–H and O–H groups in total. The Bertz CT molecular complexity index is 370. The minimum absolute atomic E-state index is 0.247. The van der Waals surface area contributed by atoms with E-state index in [0.29, 0.717) is 5.82 Å². The van der Waals surface area contributed by atoms with E-state index >= 15 is 0 Å². The number of rotatable bonds is 7. The van der Waals surface area contributed by atoms with Crippen LogP contribution in [0.25, 0.3) is 0 Å². The summed E-state index contributed by atoms with van der Waals surface area (Å²) in [6, 6.07) is 3.80. The first-order chi connectivity index (χ1) is 8.22. The molecule has 0 unspecified atom stereocenters. The Morgan fingerprint density at radius 2 is 2.00 bits per heavy atom. The van der Waals surface area contributed by atoms with Gasteiger partial charge in [0, 0.05) is 12.6 Å². The third-order valence-electron chi connectivity index (χ3n) is 2.10. The molecule has 1 aromatic rings. The highest BCUT2D eigenvalue weighted by Crippen LogP contribution is 2.07. The van der Waals surface area contributed by atoms with Crippen LogP contribution in [0.3, 0.4) is 0 Å². The predicted octanol–water partition coefficient (Wildman–Crippen LogP) is 0.776. The van der Waals surface area contributed by atoms with E-state index in [2.05, 4.69) is 39.6 Å². The summed E-state index contributed by atoms with van der Waals surface area (Å²) in [6.07, 6.45) is 2.53. The molecule has 1 aromatic heterocycles. The second-order valence-electron chi connectivity index (χ2n) is 3.88. The van der Waals surface area contributed by atoms with Crippen LogP contribution >= 0.6 is 0 Å². The van der Waals surface area contributed by atoms with Gasteiger partial charge in [0.15, 0.2) is 0 Å². The molecular formula is C11H18N6. The van der Waals surface area contributed by atoms with Crippen molar-refractivity contribution >= 4 is 11.6 Å². The first-order valence-electron chi connectivity index (χ1n) is 5.54. The minimum atomic E-state index is 0.247. The summed E-state index contributed by atoms with van der Waals surface area (Å²) in [4.78, 5) is 10.3. The zero-order chi connectivity index (χ0) is 12.5. The lowest BCUT2D eigenvalue weighted by Crippen LogP contribution is -2.16. The lowest BCUT2D eigenvalue weighted by Gasteiger charge is -2.10. The molecule has 0 saturated heterocycles. The van der Waals surface area contributed by atoms with E-state index in [1.807, 2.05) is 6.07 Å². The molecule has 0 aliphatic rings. The van der Waals surface area contributed by atoms with Crippen LogP contribution in [0.4, 0.5) is 11.6 Å². The van der Waals surface area contributed by atoms with Crippen molar-refractivity contribution in [2.24, 2.45) is 0 Å². The van der Waals surface area contributed by atoms with Crippen LogP contribution in [-0.4, -0.2) is 48.6 Å². The summed E-state index contributed by atoms with van der Waals surface area (Å²) < 4.78 is 0. The van der Waals surface area contributed by atoms with Crippen molar-refractivity contribution < 1.29 is 0 Å². The quantitative estimate of drug-likeness (QED) is 0.536. The Balaban J connectivity index is 2.35. The van der Waals surface area contributed by atoms with Crippen LogP contribution in [0, 0.1) is 11.3 Å². The Morgan fingerprint density at radius 3 is 2.65 bits per heavy atom. The molecule has 0 bridgehead atoms. The van der Waals surface area contributed by atoms with Gasteiger partial charge < -0.3 is 15.5 Å². The Labute approximate surface area is 102 Å². The molecule has 0 aliphatic heterocycles. The fourth-order valence-corrected chi connectivity index (χ4v) is 1.29. The minimum Gasteiger partial charge on any atom is -0.370 e. The first kappa shape index (κ1) is 13.2. The maximum atomic E-state index is 8.45. The van der Waals surface area contributed by atoms with Crippen LogP contribution < -0.4 is 10.6 Å². The van der Waals surface area contributed by atoms with E-state index in [1.165, 1.54) is 6.33 Å². The standard InChI is InChI=1S/C11H18N6/c1-17(2)7-3-5-13-10-8-11(14-6-4-12)16-9-15-10/h8-9H,3,5-7H2,1-2H3,(H2,13,14,15,16). The summed E-state index contributed by atoms with van der Waals surface area (Å²) >= 11 is 0. The van der Waals surface area contributed by atoms with Crippen LogP contribution in [0.2, 0.25) is 0 Å². The van der Waals surface area contributed by atoms with Gasteiger partial charge in [0.05, 0.1) is 6.07 Å². The van der Waals surface area contributed by atoms with Gasteiger partial charge >= 0.3 is 0 Å². The van der Waals surface area contributed by atoms with Gasteiger partial charge in [-0.3, -0.25) is 0 Å². The summed E-state index contributed by atoms with van der Waals surface area (Å²) in [5.74, 6) is 1.44. The molecule has 0 aliphatic carbocycles. The molecule has 17 heavy (non-hydrogen) atoms. The van der Waals surface area contributed by atoms with Crippen molar-refractivity contribution in [3.8, 4) is 6.07 Å². The lowest BCUT2D eigenvalue weighted by atomic mass is 10.4. The van der Waals surface area contributed by atoms with E-state index in [-0.39, 0.29) is 6.54 Å². The highest BCUT2D eigenvalue weighted by molar-refractivity contribution is 5.46. The molecular weight excluding hydrogens is 216 g/mol. The molecule has 1 rings (SSSR count). The third-order valence-corrected chi connectivity index (χ3v) is 2.10. The molecule has 6 nitrogen and oxygen atoms in total. The second-order valence-corrected chi connectivity index (χ2v) is 3.88. The average molecular weight is 234 g/mol. The molecule has 0 radical (unpaired) electrons. The summed E-state index contributed by atoms with van der Waals surface area (Å²) in [5.41, 5.74) is 0. The highest BCUT2D eigenvalue weighted by atomic mass is 15.1. The van der Waals surface area contributed by atoms with Gasteiger partial charge in [-0.2, -0.15) is 5.26 Å². The fourth-order valence-electron chi connectivity index (χ4n) is 1.29. The van der Waals surface area contributed by atoms with Gasteiger partial charge in [0.1, 0.15) is 24.5 Å². The maximum absolute atomic E-state index is 8.45. The Hall–Kier alpha value is -1.87. The molecule has 0 fully saturated rings. The van der Waals surface area contributed by atoms with Crippen molar-refractivity contribution in [1.29, 1.82) is 5.26 Å². The van der Waals surface area contributed by atoms with Gasteiger partial charge in [0.25, 0.3) is 0 Å². The summed E-state index contributed by atoms with van der Waals surface area (Å²) in [5, 5.41) is 14.5. The molecule has 1 heterocycles. The molecule has 0 aromatic carbocycles. The normalized spacial score (nSPS) is 10.0. The van der Waals surface area contributed by atoms with E-state index < -0.39 is 0 Å². The van der Waals surface area contributed by atoms with Gasteiger partial charge in [-0.05, 0) is 27.1 Å². The van der Waals surface area contributed by atoms with E-state index in [9.17, 15) is 0 Å². The van der Waals surface area contributed by atoms with E-state index in [1.54, 1.807) is 6.07 Å². The molecule has 0 spiro atoms. The number of hydrogen-bond acceptors (Lipinski definition) is 6. The topological polar surface area (TPSA) is 76.9 Å². The third kappa shape index (κ3) is 5.68. The van der Waals surface area contributed by atoms with Crippen molar-refractivity contribution in [2.45, 2.75) is 6.42 Å². The van der Waals surface area contributed by atoms with Crippen molar-refractivity contribution in [1.82, 2.24) is 14.9 Å². The predicted molar refractivity (Wildman–Crippen MR) is 67.8 cm³/mol. The number of anilines is 2. The maximum Gasteiger partial charge on any atom is 0.132 e. The van der Waals surface area contributed by atoms with Crippen LogP contribution in [0.15, 0.2) is 12.4 Å². The zero-order valence-corrected chi connectivity index (χ0v) is 10.3. The smallest absolute Gasteiger partial charge is 0.132 e. The van der Waals surface area contributed by atoms with Gasteiger partial charge in [-0.25, -0.2) is 9.97 Å². The van der Waals surface area contributed by atoms with Crippen molar-refractivity contribution in [2.75, 3.05) is 44.4 Å². The van der Waals surface area contributed by atoms with Crippen molar-refractivity contribution in [3.05, 3.63) is 12.4 Å². The van der Waals surface area contributed by atoms with Crippen molar-refractivity contribution in [3.63, 3.8) is 0 Å². The van der Waals surface area contributed by atoms with Gasteiger partial charge in [0.2, 0.25) is 0 Å². The Morgan fingerprint density at radius 1 is 1.29 bits per heavy atom. The fraction of sp³-hybridized carbons (Fsp3) is 0.545. The van der Waals surface area contributed by atoms with Crippen LogP contribution in [0.5, 0.6) is 0 Å². The number of aromatic nitrogens is 2. The molecule has 92 valence electrons. The van der Waals surface area contributed by atoms with E-state index in [4.69, 9.17) is 5.26 Å². The van der Waals surface area contributed by atoms with Crippen LogP contribution in [-0.2, 0) is 0 Å². The lowest BCUT2D eigenvalue weighted by molar-refractivity contribution is 0.405. The number of nitriles is 1. The Kier molecular flexibility index (Phi) is 5.75. The first-order valence-corrected chi connectivity index (χ1v) is 5.54. The van der Waals surface area contributed by atoms with Gasteiger partial charge in [-0.15, -0.1) is 0 Å². The summed E-state index contributed by atoms with van der Waals surface area (Å²) in [7, 11) is 4.10. The second kappa shape index (κ2) is 7.41. The summed E-state index contributed by atoms with van der Waals surface area (Å²) in [6.45, 7) is 2.15. The zero-order valence-electron chi connectivity index (χ0n) is 10.3. The SMILES string of the molecule is CN(C)CCCNc1cc(NCC#N)ncn1.